The summed E-state index contributed by atoms with van der Waals surface area (Å²) >= 11 is 0. The maximum atomic E-state index is 6.46. The SMILES string of the molecule is CCC1(CC)CC(CC)(CC)C(N)C(C)=C1N. The highest BCUT2D eigenvalue weighted by Crippen LogP contribution is 2.53. The predicted octanol–water partition coefficient (Wildman–Crippen LogP) is 3.56. The molecule has 0 aromatic rings. The van der Waals surface area contributed by atoms with Crippen molar-refractivity contribution in [2.75, 3.05) is 0 Å². The van der Waals surface area contributed by atoms with Gasteiger partial charge in [0.05, 0.1) is 0 Å². The summed E-state index contributed by atoms with van der Waals surface area (Å²) in [7, 11) is 0. The van der Waals surface area contributed by atoms with Crippen LogP contribution in [-0.2, 0) is 0 Å². The van der Waals surface area contributed by atoms with E-state index in [9.17, 15) is 0 Å². The Kier molecular flexibility index (Phi) is 4.29. The molecule has 0 aliphatic heterocycles. The van der Waals surface area contributed by atoms with Crippen LogP contribution in [0.15, 0.2) is 11.3 Å². The summed E-state index contributed by atoms with van der Waals surface area (Å²) in [6, 6.07) is 0.142. The molecule has 1 aliphatic rings. The van der Waals surface area contributed by atoms with Crippen LogP contribution in [0.1, 0.15) is 66.7 Å². The van der Waals surface area contributed by atoms with E-state index >= 15 is 0 Å². The monoisotopic (exact) mass is 238 g/mol. The highest BCUT2D eigenvalue weighted by molar-refractivity contribution is 5.29. The summed E-state index contributed by atoms with van der Waals surface area (Å²) in [6.07, 6.45) is 5.71. The second-order valence-corrected chi connectivity index (χ2v) is 5.81. The van der Waals surface area contributed by atoms with Gasteiger partial charge in [-0.3, -0.25) is 0 Å². The molecule has 0 spiro atoms. The number of allylic oxidation sites excluding steroid dienone is 1. The molecule has 17 heavy (non-hydrogen) atoms. The maximum Gasteiger partial charge on any atom is 0.0328 e. The molecule has 1 aliphatic carbocycles. The van der Waals surface area contributed by atoms with E-state index in [4.69, 9.17) is 11.5 Å². The van der Waals surface area contributed by atoms with Crippen LogP contribution in [0.2, 0.25) is 0 Å². The average Bonchev–Trinajstić information content (AvgIpc) is 2.38. The van der Waals surface area contributed by atoms with Crippen LogP contribution in [0.3, 0.4) is 0 Å². The summed E-state index contributed by atoms with van der Waals surface area (Å²) in [5.74, 6) is 0. The van der Waals surface area contributed by atoms with Gasteiger partial charge in [-0.15, -0.1) is 0 Å². The van der Waals surface area contributed by atoms with Gasteiger partial charge >= 0.3 is 0 Å². The smallest absolute Gasteiger partial charge is 0.0328 e. The third-order valence-corrected chi connectivity index (χ3v) is 5.57. The van der Waals surface area contributed by atoms with Crippen molar-refractivity contribution in [1.29, 1.82) is 0 Å². The minimum absolute atomic E-state index is 0.142. The minimum atomic E-state index is 0.142. The van der Waals surface area contributed by atoms with E-state index in [0.29, 0.717) is 0 Å². The van der Waals surface area contributed by atoms with Gasteiger partial charge in [-0.05, 0) is 50.0 Å². The Labute approximate surface area is 107 Å². The van der Waals surface area contributed by atoms with Crippen molar-refractivity contribution in [2.24, 2.45) is 22.3 Å². The number of hydrogen-bond acceptors (Lipinski definition) is 2. The summed E-state index contributed by atoms with van der Waals surface area (Å²) in [5, 5.41) is 0. The van der Waals surface area contributed by atoms with E-state index in [0.717, 1.165) is 37.8 Å². The third-order valence-electron chi connectivity index (χ3n) is 5.57. The molecule has 1 atom stereocenters. The van der Waals surface area contributed by atoms with Gasteiger partial charge in [0.2, 0.25) is 0 Å². The first-order valence-corrected chi connectivity index (χ1v) is 7.15. The second kappa shape index (κ2) is 5.01. The van der Waals surface area contributed by atoms with Crippen molar-refractivity contribution < 1.29 is 0 Å². The van der Waals surface area contributed by atoms with Crippen LogP contribution in [0.4, 0.5) is 0 Å². The van der Waals surface area contributed by atoms with Crippen LogP contribution in [-0.4, -0.2) is 6.04 Å². The van der Waals surface area contributed by atoms with Gasteiger partial charge in [0.15, 0.2) is 0 Å². The Morgan fingerprint density at radius 3 is 1.88 bits per heavy atom. The lowest BCUT2D eigenvalue weighted by Gasteiger charge is -2.51. The molecule has 0 aromatic heterocycles. The van der Waals surface area contributed by atoms with E-state index in [1.165, 1.54) is 5.57 Å². The average molecular weight is 238 g/mol. The molecule has 1 rings (SSSR count). The van der Waals surface area contributed by atoms with Crippen LogP contribution in [0.25, 0.3) is 0 Å². The van der Waals surface area contributed by atoms with Crippen LogP contribution in [0, 0.1) is 10.8 Å². The fourth-order valence-electron chi connectivity index (χ4n) is 3.74. The highest BCUT2D eigenvalue weighted by Gasteiger charge is 2.48. The lowest BCUT2D eigenvalue weighted by molar-refractivity contribution is 0.0932. The van der Waals surface area contributed by atoms with Crippen molar-refractivity contribution in [3.63, 3.8) is 0 Å². The van der Waals surface area contributed by atoms with E-state index < -0.39 is 0 Å². The largest absolute Gasteiger partial charge is 0.402 e. The Bertz CT molecular complexity index is 296. The molecule has 2 nitrogen and oxygen atoms in total. The van der Waals surface area contributed by atoms with Gasteiger partial charge < -0.3 is 11.5 Å². The summed E-state index contributed by atoms with van der Waals surface area (Å²) < 4.78 is 0. The van der Waals surface area contributed by atoms with Gasteiger partial charge in [-0.1, -0.05) is 27.7 Å². The van der Waals surface area contributed by atoms with Crippen molar-refractivity contribution in [3.05, 3.63) is 11.3 Å². The lowest BCUT2D eigenvalue weighted by atomic mass is 9.56. The molecule has 4 N–H and O–H groups in total. The first-order chi connectivity index (χ1) is 7.93. The van der Waals surface area contributed by atoms with Crippen molar-refractivity contribution >= 4 is 0 Å². The normalized spacial score (nSPS) is 27.3. The first-order valence-electron chi connectivity index (χ1n) is 7.15. The zero-order chi connectivity index (χ0) is 13.3. The van der Waals surface area contributed by atoms with E-state index in [1.54, 1.807) is 0 Å². The fraction of sp³-hybridized carbons (Fsp3) is 0.867. The molecule has 0 saturated carbocycles. The molecular formula is C15H30N2. The van der Waals surface area contributed by atoms with Gasteiger partial charge in [0.1, 0.15) is 0 Å². The fourth-order valence-corrected chi connectivity index (χ4v) is 3.74. The number of nitrogens with two attached hydrogens (primary N) is 2. The maximum absolute atomic E-state index is 6.46. The summed E-state index contributed by atoms with van der Waals surface area (Å²) in [5.41, 5.74) is 15.6. The van der Waals surface area contributed by atoms with Crippen LogP contribution >= 0.6 is 0 Å². The molecule has 100 valence electrons. The van der Waals surface area contributed by atoms with E-state index in [1.807, 2.05) is 0 Å². The standard InChI is InChI=1S/C15H30N2/c1-6-14(7-2)10-15(8-3,9-4)13(17)11(5)12(14)16/h12H,6-10,16-17H2,1-5H3. The Morgan fingerprint density at radius 1 is 1.06 bits per heavy atom. The Hall–Kier alpha value is -0.500. The molecule has 0 fully saturated rings. The highest BCUT2D eigenvalue weighted by atomic mass is 14.8. The van der Waals surface area contributed by atoms with Gasteiger partial charge in [0, 0.05) is 17.2 Å². The molecule has 0 heterocycles. The molecule has 0 saturated heterocycles. The van der Waals surface area contributed by atoms with Crippen LogP contribution in [0.5, 0.6) is 0 Å². The number of rotatable bonds is 4. The molecular weight excluding hydrogens is 208 g/mol. The second-order valence-electron chi connectivity index (χ2n) is 5.81. The molecule has 0 aromatic carbocycles. The predicted molar refractivity (Wildman–Crippen MR) is 75.5 cm³/mol. The Morgan fingerprint density at radius 2 is 1.53 bits per heavy atom. The van der Waals surface area contributed by atoms with Gasteiger partial charge in [0.25, 0.3) is 0 Å². The topological polar surface area (TPSA) is 52.0 Å². The molecule has 0 bridgehead atoms. The third kappa shape index (κ3) is 2.01. The van der Waals surface area contributed by atoms with E-state index in [-0.39, 0.29) is 16.9 Å². The zero-order valence-corrected chi connectivity index (χ0v) is 12.3. The quantitative estimate of drug-likeness (QED) is 0.786. The Balaban J connectivity index is 3.31. The van der Waals surface area contributed by atoms with Crippen LogP contribution < -0.4 is 11.5 Å². The van der Waals surface area contributed by atoms with E-state index in [2.05, 4.69) is 34.6 Å². The van der Waals surface area contributed by atoms with Crippen molar-refractivity contribution in [2.45, 2.75) is 72.8 Å². The van der Waals surface area contributed by atoms with Crippen molar-refractivity contribution in [1.82, 2.24) is 0 Å². The minimum Gasteiger partial charge on any atom is -0.402 e. The summed E-state index contributed by atoms with van der Waals surface area (Å²) in [4.78, 5) is 0. The lowest BCUT2D eigenvalue weighted by Crippen LogP contribution is -2.52. The molecule has 1 unspecified atom stereocenters. The zero-order valence-electron chi connectivity index (χ0n) is 12.3. The van der Waals surface area contributed by atoms with Crippen molar-refractivity contribution in [3.8, 4) is 0 Å². The van der Waals surface area contributed by atoms with Gasteiger partial charge in [-0.2, -0.15) is 0 Å². The first kappa shape index (κ1) is 14.6. The summed E-state index contributed by atoms with van der Waals surface area (Å²) in [6.45, 7) is 11.2. The molecule has 0 radical (unpaired) electrons. The molecule has 2 heteroatoms. The number of hydrogen-bond donors (Lipinski definition) is 2. The molecule has 0 amide bonds. The van der Waals surface area contributed by atoms with Gasteiger partial charge in [-0.25, -0.2) is 0 Å².